The quantitative estimate of drug-likeness (QED) is 0.516. The number of aromatic nitrogens is 7. The van der Waals surface area contributed by atoms with Gasteiger partial charge < -0.3 is 4.74 Å². The summed E-state index contributed by atoms with van der Waals surface area (Å²) in [7, 11) is 3.44. The van der Waals surface area contributed by atoms with Gasteiger partial charge in [0, 0.05) is 37.5 Å². The first-order valence-corrected chi connectivity index (χ1v) is 9.12. The summed E-state index contributed by atoms with van der Waals surface area (Å²) < 4.78 is 10.2. The van der Waals surface area contributed by atoms with Crippen molar-refractivity contribution in [2.75, 3.05) is 0 Å². The van der Waals surface area contributed by atoms with E-state index >= 15 is 0 Å². The number of ether oxygens (including phenoxy) is 1. The Hall–Kier alpha value is -3.75. The lowest BCUT2D eigenvalue weighted by Crippen LogP contribution is -2.23. The molecule has 29 heavy (non-hydrogen) atoms. The molecule has 0 aliphatic rings. The molecular weight excluding hydrogens is 370 g/mol. The molecule has 0 aliphatic heterocycles. The maximum absolute atomic E-state index is 12.3. The van der Waals surface area contributed by atoms with Crippen LogP contribution < -0.4 is 10.4 Å². The molecule has 4 aromatic rings. The van der Waals surface area contributed by atoms with Gasteiger partial charge in [-0.2, -0.15) is 14.5 Å². The van der Waals surface area contributed by atoms with Crippen LogP contribution in [0.3, 0.4) is 0 Å². The average Bonchev–Trinajstić information content (AvgIpc) is 3.22. The highest BCUT2D eigenvalue weighted by Gasteiger charge is 2.14. The SMILES string of the molecule is Cc1cccc(-n2nnn(C)c2=O)c1COc1cccc(-c2cn(C)nc2C)n1. The first kappa shape index (κ1) is 18.6. The second-order valence-corrected chi connectivity index (χ2v) is 6.82. The minimum Gasteiger partial charge on any atom is -0.473 e. The molecule has 0 fully saturated rings. The lowest BCUT2D eigenvalue weighted by atomic mass is 10.1. The highest BCUT2D eigenvalue weighted by molar-refractivity contribution is 5.61. The average molecular weight is 391 g/mol. The van der Waals surface area contributed by atoms with Crippen molar-refractivity contribution in [2.45, 2.75) is 20.5 Å². The number of aryl methyl sites for hydroxylation is 4. The highest BCUT2D eigenvalue weighted by atomic mass is 16.5. The number of rotatable bonds is 5. The summed E-state index contributed by atoms with van der Waals surface area (Å²) in [4.78, 5) is 16.9. The molecule has 1 aromatic carbocycles. The predicted octanol–water partition coefficient (Wildman–Crippen LogP) is 1.96. The Bertz CT molecular complexity index is 1240. The van der Waals surface area contributed by atoms with E-state index in [0.717, 1.165) is 28.1 Å². The summed E-state index contributed by atoms with van der Waals surface area (Å²) in [5.74, 6) is 0.492. The number of pyridine rings is 1. The molecule has 0 atom stereocenters. The van der Waals surface area contributed by atoms with Crippen molar-refractivity contribution >= 4 is 0 Å². The van der Waals surface area contributed by atoms with Gasteiger partial charge in [0.15, 0.2) is 0 Å². The van der Waals surface area contributed by atoms with E-state index in [1.54, 1.807) is 11.7 Å². The molecule has 9 nitrogen and oxygen atoms in total. The summed E-state index contributed by atoms with van der Waals surface area (Å²) >= 11 is 0. The zero-order valence-electron chi connectivity index (χ0n) is 16.7. The van der Waals surface area contributed by atoms with Gasteiger partial charge in [-0.1, -0.05) is 18.2 Å². The monoisotopic (exact) mass is 391 g/mol. The van der Waals surface area contributed by atoms with Crippen LogP contribution >= 0.6 is 0 Å². The molecule has 0 spiro atoms. The molecule has 0 saturated carbocycles. The van der Waals surface area contributed by atoms with Crippen molar-refractivity contribution in [1.29, 1.82) is 0 Å². The van der Waals surface area contributed by atoms with Crippen molar-refractivity contribution in [3.05, 3.63) is 69.9 Å². The van der Waals surface area contributed by atoms with Crippen LogP contribution in [0.15, 0.2) is 47.4 Å². The first-order valence-electron chi connectivity index (χ1n) is 9.12. The topological polar surface area (TPSA) is 92.7 Å². The summed E-state index contributed by atoms with van der Waals surface area (Å²) in [6.07, 6.45) is 1.93. The van der Waals surface area contributed by atoms with Crippen molar-refractivity contribution in [3.8, 4) is 22.8 Å². The van der Waals surface area contributed by atoms with Gasteiger partial charge in [0.1, 0.15) is 6.61 Å². The zero-order valence-corrected chi connectivity index (χ0v) is 16.7. The van der Waals surface area contributed by atoms with E-state index in [1.165, 1.54) is 9.36 Å². The second kappa shape index (κ2) is 7.34. The van der Waals surface area contributed by atoms with Crippen molar-refractivity contribution in [1.82, 2.24) is 34.6 Å². The maximum atomic E-state index is 12.3. The number of hydrogen-bond donors (Lipinski definition) is 0. The van der Waals surface area contributed by atoms with Gasteiger partial charge in [0.2, 0.25) is 5.88 Å². The summed E-state index contributed by atoms with van der Waals surface area (Å²) in [6.45, 7) is 4.16. The molecule has 3 heterocycles. The molecule has 0 amide bonds. The first-order chi connectivity index (χ1) is 13.9. The van der Waals surface area contributed by atoms with Gasteiger partial charge in [-0.05, 0) is 42.0 Å². The zero-order chi connectivity index (χ0) is 20.5. The van der Waals surface area contributed by atoms with E-state index in [0.29, 0.717) is 11.6 Å². The lowest BCUT2D eigenvalue weighted by Gasteiger charge is -2.13. The molecule has 0 aliphatic carbocycles. The summed E-state index contributed by atoms with van der Waals surface area (Å²) in [5.41, 5.74) is 4.81. The van der Waals surface area contributed by atoms with E-state index in [4.69, 9.17) is 4.74 Å². The smallest absolute Gasteiger partial charge is 0.368 e. The van der Waals surface area contributed by atoms with Crippen LogP contribution in [0.5, 0.6) is 5.88 Å². The van der Waals surface area contributed by atoms with Gasteiger partial charge in [0.05, 0.1) is 17.1 Å². The third-order valence-corrected chi connectivity index (χ3v) is 4.71. The molecule has 0 bridgehead atoms. The minimum absolute atomic E-state index is 0.244. The molecule has 3 aromatic heterocycles. The Morgan fingerprint density at radius 2 is 1.83 bits per heavy atom. The maximum Gasteiger partial charge on any atom is 0.368 e. The van der Waals surface area contributed by atoms with Crippen LogP contribution in [0.4, 0.5) is 0 Å². The number of benzene rings is 1. The van der Waals surface area contributed by atoms with Gasteiger partial charge in [-0.15, -0.1) is 0 Å². The Balaban J connectivity index is 1.64. The predicted molar refractivity (Wildman–Crippen MR) is 107 cm³/mol. The molecule has 148 valence electrons. The molecule has 4 rings (SSSR count). The minimum atomic E-state index is -0.316. The van der Waals surface area contributed by atoms with Gasteiger partial charge in [0.25, 0.3) is 0 Å². The summed E-state index contributed by atoms with van der Waals surface area (Å²) in [5, 5.41) is 12.1. The van der Waals surface area contributed by atoms with Gasteiger partial charge in [-0.3, -0.25) is 4.68 Å². The summed E-state index contributed by atoms with van der Waals surface area (Å²) in [6, 6.07) is 11.3. The Kier molecular flexibility index (Phi) is 4.71. The Morgan fingerprint density at radius 1 is 1.03 bits per heavy atom. The van der Waals surface area contributed by atoms with Crippen LogP contribution in [0.1, 0.15) is 16.8 Å². The number of hydrogen-bond acceptors (Lipinski definition) is 6. The van der Waals surface area contributed by atoms with Crippen molar-refractivity contribution < 1.29 is 4.74 Å². The van der Waals surface area contributed by atoms with E-state index in [-0.39, 0.29) is 12.3 Å². The molecule has 0 saturated heterocycles. The van der Waals surface area contributed by atoms with E-state index in [1.807, 2.05) is 63.5 Å². The van der Waals surface area contributed by atoms with Crippen molar-refractivity contribution in [3.63, 3.8) is 0 Å². The third-order valence-electron chi connectivity index (χ3n) is 4.71. The Morgan fingerprint density at radius 3 is 2.52 bits per heavy atom. The molecule has 0 radical (unpaired) electrons. The second-order valence-electron chi connectivity index (χ2n) is 6.82. The van der Waals surface area contributed by atoms with E-state index in [9.17, 15) is 4.79 Å². The van der Waals surface area contributed by atoms with Crippen LogP contribution in [0, 0.1) is 13.8 Å². The molecule has 0 N–H and O–H groups in total. The normalized spacial score (nSPS) is 11.0. The van der Waals surface area contributed by atoms with Crippen LogP contribution in [0.25, 0.3) is 16.9 Å². The highest BCUT2D eigenvalue weighted by Crippen LogP contribution is 2.24. The van der Waals surface area contributed by atoms with Crippen LogP contribution in [0.2, 0.25) is 0 Å². The van der Waals surface area contributed by atoms with E-state index in [2.05, 4.69) is 20.5 Å². The van der Waals surface area contributed by atoms with E-state index < -0.39 is 0 Å². The molecule has 9 heteroatoms. The fraction of sp³-hybridized carbons (Fsp3) is 0.250. The molecule has 0 unspecified atom stereocenters. The van der Waals surface area contributed by atoms with Gasteiger partial charge >= 0.3 is 5.69 Å². The van der Waals surface area contributed by atoms with Gasteiger partial charge in [-0.25, -0.2) is 9.78 Å². The third kappa shape index (κ3) is 3.54. The van der Waals surface area contributed by atoms with Crippen LogP contribution in [-0.2, 0) is 20.7 Å². The number of nitrogens with zero attached hydrogens (tertiary/aromatic N) is 7. The molecular formula is C20H21N7O2. The van der Waals surface area contributed by atoms with Crippen molar-refractivity contribution in [2.24, 2.45) is 14.1 Å². The standard InChI is InChI=1S/C20H21N7O2/c1-13-7-5-9-18(27-20(28)26(4)23-24-27)16(13)12-29-19-10-6-8-17(21-19)15-11-25(3)22-14(15)2/h5-11H,12H2,1-4H3. The Labute approximate surface area is 167 Å². The largest absolute Gasteiger partial charge is 0.473 e. The number of tetrazole rings is 1. The fourth-order valence-corrected chi connectivity index (χ4v) is 3.18. The van der Waals surface area contributed by atoms with Crippen LogP contribution in [-0.4, -0.2) is 34.6 Å². The fourth-order valence-electron chi connectivity index (χ4n) is 3.18. The lowest BCUT2D eigenvalue weighted by molar-refractivity contribution is 0.293.